The average Bonchev–Trinajstić information content (AvgIpc) is 3.30. The Morgan fingerprint density at radius 3 is 0.908 bits per heavy atom. The van der Waals surface area contributed by atoms with E-state index in [4.69, 9.17) is 14.2 Å². The number of hydrogen-bond acceptors (Lipinski definition) is 6. The molecule has 0 unspecified atom stereocenters. The molecular weight excluding hydrogens is 805 g/mol. The van der Waals surface area contributed by atoms with Crippen LogP contribution >= 0.6 is 0 Å². The van der Waals surface area contributed by atoms with E-state index in [1.807, 2.05) is 0 Å². The summed E-state index contributed by atoms with van der Waals surface area (Å²) in [6, 6.07) is 0. The van der Waals surface area contributed by atoms with Crippen LogP contribution in [-0.4, -0.2) is 37.2 Å². The third kappa shape index (κ3) is 51.7. The second kappa shape index (κ2) is 53.5. The first kappa shape index (κ1) is 61.9. The normalized spacial score (nSPS) is 12.6. The van der Waals surface area contributed by atoms with Crippen molar-refractivity contribution in [3.63, 3.8) is 0 Å². The summed E-state index contributed by atoms with van der Waals surface area (Å²) >= 11 is 0. The highest BCUT2D eigenvalue weighted by Gasteiger charge is 2.19. The number of esters is 3. The standard InChI is InChI=1S/C59H102O6/c1-4-7-10-13-16-19-22-25-28-29-32-34-37-40-43-46-49-52-58(61)64-55-56(65-59(62)53-50-47-44-41-38-35-31-27-24-21-18-15-12-9-6-3)54-63-57(60)51-48-45-42-39-36-33-30-26-23-20-17-14-11-8-5-2/h16-17,19-21,24-26,28,30,32,34,56H,4-15,18,22-23,27,29,31,33,35-55H2,1-3H3/b19-16-,20-17-,24-21-,28-25-,30-26-,34-32-/t56-/m0/s1. The molecule has 1 atom stereocenters. The molecule has 0 spiro atoms. The van der Waals surface area contributed by atoms with Gasteiger partial charge < -0.3 is 14.2 Å². The molecule has 0 radical (unpaired) electrons. The van der Waals surface area contributed by atoms with Crippen LogP contribution in [0.15, 0.2) is 72.9 Å². The highest BCUT2D eigenvalue weighted by Crippen LogP contribution is 2.14. The number of unbranched alkanes of at least 4 members (excludes halogenated alkanes) is 26. The molecule has 0 aliphatic carbocycles. The molecule has 0 amide bonds. The molecule has 0 heterocycles. The molecule has 0 saturated heterocycles. The molecule has 0 aliphatic heterocycles. The van der Waals surface area contributed by atoms with Gasteiger partial charge in [-0.2, -0.15) is 0 Å². The van der Waals surface area contributed by atoms with E-state index in [2.05, 4.69) is 93.7 Å². The van der Waals surface area contributed by atoms with E-state index in [0.29, 0.717) is 19.3 Å². The van der Waals surface area contributed by atoms with Crippen LogP contribution in [-0.2, 0) is 28.6 Å². The first-order valence-corrected chi connectivity index (χ1v) is 27.4. The summed E-state index contributed by atoms with van der Waals surface area (Å²) in [5.41, 5.74) is 0. The zero-order valence-corrected chi connectivity index (χ0v) is 42.7. The van der Waals surface area contributed by atoms with Gasteiger partial charge in [-0.3, -0.25) is 14.4 Å². The molecule has 6 nitrogen and oxygen atoms in total. The summed E-state index contributed by atoms with van der Waals surface area (Å²) in [4.78, 5) is 38.1. The van der Waals surface area contributed by atoms with Gasteiger partial charge in [-0.15, -0.1) is 0 Å². The molecule has 0 bridgehead atoms. The third-order valence-corrected chi connectivity index (χ3v) is 11.7. The van der Waals surface area contributed by atoms with Gasteiger partial charge in [0.2, 0.25) is 0 Å². The van der Waals surface area contributed by atoms with Crippen molar-refractivity contribution >= 4 is 17.9 Å². The van der Waals surface area contributed by atoms with E-state index in [9.17, 15) is 14.4 Å². The highest BCUT2D eigenvalue weighted by molar-refractivity contribution is 5.71. The van der Waals surface area contributed by atoms with Crippen LogP contribution in [0.2, 0.25) is 0 Å². The van der Waals surface area contributed by atoms with Gasteiger partial charge in [-0.25, -0.2) is 0 Å². The molecule has 0 N–H and O–H groups in total. The van der Waals surface area contributed by atoms with E-state index in [1.165, 1.54) is 116 Å². The zero-order chi connectivity index (χ0) is 47.2. The molecule has 0 aromatic heterocycles. The fourth-order valence-corrected chi connectivity index (χ4v) is 7.47. The van der Waals surface area contributed by atoms with Gasteiger partial charge >= 0.3 is 17.9 Å². The Hall–Kier alpha value is -3.15. The van der Waals surface area contributed by atoms with Crippen molar-refractivity contribution in [3.05, 3.63) is 72.9 Å². The molecule has 374 valence electrons. The van der Waals surface area contributed by atoms with Crippen LogP contribution < -0.4 is 0 Å². The minimum absolute atomic E-state index is 0.0916. The van der Waals surface area contributed by atoms with E-state index >= 15 is 0 Å². The predicted molar refractivity (Wildman–Crippen MR) is 279 cm³/mol. The summed E-state index contributed by atoms with van der Waals surface area (Å²) in [5, 5.41) is 0. The van der Waals surface area contributed by atoms with E-state index < -0.39 is 6.10 Å². The highest BCUT2D eigenvalue weighted by atomic mass is 16.6. The van der Waals surface area contributed by atoms with Gasteiger partial charge in [0.05, 0.1) is 0 Å². The molecule has 0 saturated carbocycles. The molecule has 0 fully saturated rings. The predicted octanol–water partition coefficient (Wildman–Crippen LogP) is 18.2. The topological polar surface area (TPSA) is 78.9 Å². The summed E-state index contributed by atoms with van der Waals surface area (Å²) in [5.74, 6) is -0.926. The number of carbonyl (C=O) groups excluding carboxylic acids is 3. The minimum atomic E-state index is -0.793. The van der Waals surface area contributed by atoms with Crippen LogP contribution in [0.4, 0.5) is 0 Å². The summed E-state index contributed by atoms with van der Waals surface area (Å²) in [6.45, 7) is 6.55. The van der Waals surface area contributed by atoms with Crippen LogP contribution in [0.25, 0.3) is 0 Å². The Bertz CT molecular complexity index is 1230. The maximum Gasteiger partial charge on any atom is 0.306 e. The molecular formula is C59H102O6. The van der Waals surface area contributed by atoms with Crippen LogP contribution in [0, 0.1) is 0 Å². The Morgan fingerprint density at radius 2 is 0.554 bits per heavy atom. The van der Waals surface area contributed by atoms with Gasteiger partial charge in [-0.1, -0.05) is 203 Å². The average molecular weight is 907 g/mol. The fraction of sp³-hybridized carbons (Fsp3) is 0.746. The van der Waals surface area contributed by atoms with Crippen molar-refractivity contribution in [1.82, 2.24) is 0 Å². The van der Waals surface area contributed by atoms with Crippen molar-refractivity contribution in [3.8, 4) is 0 Å². The van der Waals surface area contributed by atoms with Crippen molar-refractivity contribution in [2.75, 3.05) is 13.2 Å². The largest absolute Gasteiger partial charge is 0.462 e. The lowest BCUT2D eigenvalue weighted by Crippen LogP contribution is -2.30. The number of ether oxygens (including phenoxy) is 3. The van der Waals surface area contributed by atoms with Crippen molar-refractivity contribution in [1.29, 1.82) is 0 Å². The van der Waals surface area contributed by atoms with Gasteiger partial charge in [0.1, 0.15) is 13.2 Å². The van der Waals surface area contributed by atoms with Crippen molar-refractivity contribution in [2.24, 2.45) is 0 Å². The minimum Gasteiger partial charge on any atom is -0.462 e. The maximum absolute atomic E-state index is 12.8. The third-order valence-electron chi connectivity index (χ3n) is 11.7. The molecule has 6 heteroatoms. The molecule has 0 rings (SSSR count). The fourth-order valence-electron chi connectivity index (χ4n) is 7.47. The van der Waals surface area contributed by atoms with Crippen LogP contribution in [0.3, 0.4) is 0 Å². The lowest BCUT2D eigenvalue weighted by Gasteiger charge is -2.18. The van der Waals surface area contributed by atoms with Gasteiger partial charge in [0.25, 0.3) is 0 Å². The van der Waals surface area contributed by atoms with Crippen molar-refractivity contribution < 1.29 is 28.6 Å². The summed E-state index contributed by atoms with van der Waals surface area (Å²) in [6.07, 6.45) is 67.3. The Morgan fingerprint density at radius 1 is 0.308 bits per heavy atom. The Kier molecular flexibility index (Phi) is 50.9. The summed E-state index contributed by atoms with van der Waals surface area (Å²) < 4.78 is 16.8. The zero-order valence-electron chi connectivity index (χ0n) is 42.7. The number of hydrogen-bond donors (Lipinski definition) is 0. The van der Waals surface area contributed by atoms with Crippen molar-refractivity contribution in [2.45, 2.75) is 271 Å². The smallest absolute Gasteiger partial charge is 0.306 e. The second-order valence-corrected chi connectivity index (χ2v) is 18.1. The monoisotopic (exact) mass is 907 g/mol. The number of allylic oxidation sites excluding steroid dienone is 12. The van der Waals surface area contributed by atoms with Gasteiger partial charge in [0.15, 0.2) is 6.10 Å². The molecule has 0 aromatic carbocycles. The second-order valence-electron chi connectivity index (χ2n) is 18.1. The Labute approximate surface area is 402 Å². The Balaban J connectivity index is 4.45. The molecule has 65 heavy (non-hydrogen) atoms. The lowest BCUT2D eigenvalue weighted by molar-refractivity contribution is -0.167. The SMILES string of the molecule is CCCCC/C=C\C/C=C\C/C=C\CCCCCCC(=O)OC[C@H](COC(=O)CCCCCCC/C=C\C/C=C\CCCCC)OC(=O)CCCCCCCCC/C=C\CCCCCC. The van der Waals surface area contributed by atoms with E-state index in [0.717, 1.165) is 109 Å². The van der Waals surface area contributed by atoms with E-state index in [-0.39, 0.29) is 31.1 Å². The molecule has 0 aliphatic rings. The van der Waals surface area contributed by atoms with Gasteiger partial charge in [0, 0.05) is 19.3 Å². The van der Waals surface area contributed by atoms with Crippen LogP contribution in [0.5, 0.6) is 0 Å². The van der Waals surface area contributed by atoms with Gasteiger partial charge in [-0.05, 0) is 116 Å². The maximum atomic E-state index is 12.8. The molecule has 0 aromatic rings. The van der Waals surface area contributed by atoms with Crippen LogP contribution in [0.1, 0.15) is 265 Å². The first-order valence-electron chi connectivity index (χ1n) is 27.4. The summed E-state index contributed by atoms with van der Waals surface area (Å²) in [7, 11) is 0. The first-order chi connectivity index (χ1) is 32.0. The quantitative estimate of drug-likeness (QED) is 0.0262. The number of carbonyl (C=O) groups is 3. The number of rotatable bonds is 49. The lowest BCUT2D eigenvalue weighted by atomic mass is 10.1. The van der Waals surface area contributed by atoms with E-state index in [1.54, 1.807) is 0 Å².